The zero-order valence-corrected chi connectivity index (χ0v) is 12.6. The third-order valence-corrected chi connectivity index (χ3v) is 4.65. The third-order valence-electron chi connectivity index (χ3n) is 3.14. The second-order valence-electron chi connectivity index (χ2n) is 4.95. The molecule has 3 N–H and O–H groups in total. The molecule has 0 atom stereocenters. The zero-order chi connectivity index (χ0) is 14.9. The molecule has 0 spiro atoms. The van der Waals surface area contributed by atoms with Gasteiger partial charge in [0, 0.05) is 5.69 Å². The van der Waals surface area contributed by atoms with E-state index in [9.17, 15) is 8.42 Å². The highest BCUT2D eigenvalue weighted by molar-refractivity contribution is 7.92. The van der Waals surface area contributed by atoms with Crippen LogP contribution in [0.2, 0.25) is 0 Å². The Morgan fingerprint density at radius 1 is 0.950 bits per heavy atom. The van der Waals surface area contributed by atoms with E-state index in [-0.39, 0.29) is 0 Å². The van der Waals surface area contributed by atoms with Gasteiger partial charge in [0.1, 0.15) is 0 Å². The van der Waals surface area contributed by atoms with Gasteiger partial charge in [-0.1, -0.05) is 18.2 Å². The molecule has 5 heteroatoms. The largest absolute Gasteiger partial charge is 0.399 e. The molecule has 0 heterocycles. The molecule has 0 saturated heterocycles. The molecule has 2 aromatic rings. The van der Waals surface area contributed by atoms with Crippen molar-refractivity contribution < 1.29 is 8.42 Å². The molecule has 2 aromatic carbocycles. The van der Waals surface area contributed by atoms with Gasteiger partial charge in [0.25, 0.3) is 10.0 Å². The van der Waals surface area contributed by atoms with E-state index < -0.39 is 10.0 Å². The van der Waals surface area contributed by atoms with Crippen LogP contribution in [0.1, 0.15) is 16.7 Å². The van der Waals surface area contributed by atoms with Gasteiger partial charge in [0.2, 0.25) is 0 Å². The first-order chi connectivity index (χ1) is 9.29. The lowest BCUT2D eigenvalue weighted by Crippen LogP contribution is -2.15. The average molecular weight is 290 g/mol. The van der Waals surface area contributed by atoms with Gasteiger partial charge in [-0.2, -0.15) is 0 Å². The number of hydrogen-bond donors (Lipinski definition) is 2. The Morgan fingerprint density at radius 3 is 2.30 bits per heavy atom. The fraction of sp³-hybridized carbons (Fsp3) is 0.200. The lowest BCUT2D eigenvalue weighted by atomic mass is 10.2. The van der Waals surface area contributed by atoms with Crippen LogP contribution in [-0.2, 0) is 10.0 Å². The summed E-state index contributed by atoms with van der Waals surface area (Å²) in [6.45, 7) is 5.48. The van der Waals surface area contributed by atoms with Crippen LogP contribution in [0.25, 0.3) is 0 Å². The van der Waals surface area contributed by atoms with Gasteiger partial charge in [0.15, 0.2) is 0 Å². The minimum atomic E-state index is -3.61. The molecule has 0 bridgehead atoms. The van der Waals surface area contributed by atoms with Crippen molar-refractivity contribution in [2.75, 3.05) is 10.5 Å². The molecule has 0 radical (unpaired) electrons. The fourth-order valence-corrected chi connectivity index (χ4v) is 3.40. The normalized spacial score (nSPS) is 11.3. The quantitative estimate of drug-likeness (QED) is 0.854. The van der Waals surface area contributed by atoms with E-state index in [2.05, 4.69) is 4.72 Å². The number of anilines is 2. The van der Waals surface area contributed by atoms with Gasteiger partial charge in [-0.05, 0) is 55.7 Å². The zero-order valence-electron chi connectivity index (χ0n) is 11.8. The number of hydrogen-bond acceptors (Lipinski definition) is 3. The van der Waals surface area contributed by atoms with Crippen molar-refractivity contribution in [3.63, 3.8) is 0 Å². The van der Waals surface area contributed by atoms with Crippen molar-refractivity contribution >= 4 is 21.4 Å². The van der Waals surface area contributed by atoms with Gasteiger partial charge in [-0.25, -0.2) is 8.42 Å². The number of rotatable bonds is 3. The first-order valence-electron chi connectivity index (χ1n) is 6.26. The molecule has 0 amide bonds. The van der Waals surface area contributed by atoms with Crippen molar-refractivity contribution in [2.24, 2.45) is 0 Å². The van der Waals surface area contributed by atoms with Crippen molar-refractivity contribution in [3.8, 4) is 0 Å². The van der Waals surface area contributed by atoms with Crippen LogP contribution < -0.4 is 10.5 Å². The highest BCUT2D eigenvalue weighted by atomic mass is 32.2. The first kappa shape index (κ1) is 14.4. The highest BCUT2D eigenvalue weighted by Crippen LogP contribution is 2.24. The van der Waals surface area contributed by atoms with E-state index in [1.807, 2.05) is 19.9 Å². The highest BCUT2D eigenvalue weighted by Gasteiger charge is 2.18. The van der Waals surface area contributed by atoms with Crippen LogP contribution in [0.3, 0.4) is 0 Å². The third kappa shape index (κ3) is 2.93. The van der Waals surface area contributed by atoms with E-state index in [4.69, 9.17) is 5.73 Å². The molecule has 2 rings (SSSR count). The maximum Gasteiger partial charge on any atom is 0.262 e. The number of aryl methyl sites for hydroxylation is 3. The van der Waals surface area contributed by atoms with E-state index >= 15 is 0 Å². The Balaban J connectivity index is 2.46. The number of nitrogens with two attached hydrogens (primary N) is 1. The molecule has 106 valence electrons. The van der Waals surface area contributed by atoms with Crippen molar-refractivity contribution in [2.45, 2.75) is 25.7 Å². The van der Waals surface area contributed by atoms with Crippen LogP contribution >= 0.6 is 0 Å². The molecule has 0 aliphatic heterocycles. The summed E-state index contributed by atoms with van der Waals surface area (Å²) in [4.78, 5) is 0.291. The Labute approximate surface area is 119 Å². The van der Waals surface area contributed by atoms with Crippen LogP contribution in [0.4, 0.5) is 11.4 Å². The molecule has 0 saturated carbocycles. The Hall–Kier alpha value is -2.01. The lowest BCUT2D eigenvalue weighted by molar-refractivity contribution is 0.600. The smallest absolute Gasteiger partial charge is 0.262 e. The van der Waals surface area contributed by atoms with Crippen molar-refractivity contribution in [3.05, 3.63) is 53.1 Å². The Bertz CT molecular complexity index is 752. The first-order valence-corrected chi connectivity index (χ1v) is 7.74. The SMILES string of the molecule is Cc1ccc(C)c(S(=O)(=O)Nc2cc(N)ccc2C)c1. The minimum absolute atomic E-state index is 0.291. The molecular weight excluding hydrogens is 272 g/mol. The van der Waals surface area contributed by atoms with Gasteiger partial charge in [-0.15, -0.1) is 0 Å². The summed E-state index contributed by atoms with van der Waals surface area (Å²) >= 11 is 0. The topological polar surface area (TPSA) is 72.2 Å². The maximum atomic E-state index is 12.5. The molecule has 4 nitrogen and oxygen atoms in total. The van der Waals surface area contributed by atoms with Gasteiger partial charge < -0.3 is 5.73 Å². The van der Waals surface area contributed by atoms with Crippen LogP contribution in [0.5, 0.6) is 0 Å². The molecule has 20 heavy (non-hydrogen) atoms. The monoisotopic (exact) mass is 290 g/mol. The van der Waals surface area contributed by atoms with Crippen molar-refractivity contribution in [1.82, 2.24) is 0 Å². The van der Waals surface area contributed by atoms with Crippen LogP contribution in [0, 0.1) is 20.8 Å². The predicted octanol–water partition coefficient (Wildman–Crippen LogP) is 2.99. The summed E-state index contributed by atoms with van der Waals surface area (Å²) in [6, 6.07) is 10.5. The number of nitrogens with one attached hydrogen (secondary N) is 1. The summed E-state index contributed by atoms with van der Waals surface area (Å²) in [5.41, 5.74) is 9.17. The van der Waals surface area contributed by atoms with E-state index in [0.717, 1.165) is 11.1 Å². The lowest BCUT2D eigenvalue weighted by Gasteiger charge is -2.13. The van der Waals surface area contributed by atoms with Gasteiger partial charge >= 0.3 is 0 Å². The summed E-state index contributed by atoms with van der Waals surface area (Å²) in [6.07, 6.45) is 0. The Morgan fingerprint density at radius 2 is 1.60 bits per heavy atom. The Kier molecular flexibility index (Phi) is 3.72. The van der Waals surface area contributed by atoms with Gasteiger partial charge in [0.05, 0.1) is 10.6 Å². The number of nitrogen functional groups attached to an aromatic ring is 1. The maximum absolute atomic E-state index is 12.5. The molecular formula is C15H18N2O2S. The molecule has 0 aliphatic carbocycles. The standard InChI is InChI=1S/C15H18N2O2S/c1-10-4-5-12(3)15(8-10)20(18,19)17-14-9-13(16)7-6-11(14)2/h4-9,17H,16H2,1-3H3. The van der Waals surface area contributed by atoms with Crippen molar-refractivity contribution in [1.29, 1.82) is 0 Å². The summed E-state index contributed by atoms with van der Waals surface area (Å²) in [5, 5.41) is 0. The molecule has 0 aliphatic rings. The van der Waals surface area contributed by atoms with Crippen LogP contribution in [0.15, 0.2) is 41.3 Å². The predicted molar refractivity (Wildman–Crippen MR) is 82.3 cm³/mol. The molecule has 0 aromatic heterocycles. The minimum Gasteiger partial charge on any atom is -0.399 e. The summed E-state index contributed by atoms with van der Waals surface area (Å²) in [7, 11) is -3.61. The van der Waals surface area contributed by atoms with Gasteiger partial charge in [-0.3, -0.25) is 4.72 Å². The van der Waals surface area contributed by atoms with E-state index in [1.165, 1.54) is 0 Å². The molecule has 0 fully saturated rings. The number of sulfonamides is 1. The van der Waals surface area contributed by atoms with E-state index in [1.54, 1.807) is 37.3 Å². The van der Waals surface area contributed by atoms with Crippen LogP contribution in [-0.4, -0.2) is 8.42 Å². The second-order valence-corrected chi connectivity index (χ2v) is 6.60. The molecule has 0 unspecified atom stereocenters. The fourth-order valence-electron chi connectivity index (χ4n) is 1.95. The second kappa shape index (κ2) is 5.17. The number of benzene rings is 2. The summed E-state index contributed by atoms with van der Waals surface area (Å²) < 4.78 is 27.6. The average Bonchev–Trinajstić information content (AvgIpc) is 2.36. The summed E-state index contributed by atoms with van der Waals surface area (Å²) in [5.74, 6) is 0. The van der Waals surface area contributed by atoms with E-state index in [0.29, 0.717) is 21.8 Å².